The van der Waals surface area contributed by atoms with Crippen molar-refractivity contribution in [2.24, 2.45) is 0 Å². The van der Waals surface area contributed by atoms with Gasteiger partial charge >= 0.3 is 0 Å². The summed E-state index contributed by atoms with van der Waals surface area (Å²) in [4.78, 5) is 4.46. The molecule has 0 radical (unpaired) electrons. The third-order valence-corrected chi connectivity index (χ3v) is 7.97. The number of hydrogen-bond acceptors (Lipinski definition) is 6. The predicted octanol–water partition coefficient (Wildman–Crippen LogP) is 3.85. The maximum atomic E-state index is 13.4. The third kappa shape index (κ3) is 5.61. The second kappa shape index (κ2) is 10.7. The fourth-order valence-electron chi connectivity index (χ4n) is 4.50. The third-order valence-electron chi connectivity index (χ3n) is 6.52. The van der Waals surface area contributed by atoms with Crippen molar-refractivity contribution < 1.29 is 17.9 Å². The largest absolute Gasteiger partial charge is 0.497 e. The quantitative estimate of drug-likeness (QED) is 0.486. The van der Waals surface area contributed by atoms with Gasteiger partial charge in [0, 0.05) is 51.5 Å². The lowest BCUT2D eigenvalue weighted by molar-refractivity contribution is 0.180. The van der Waals surface area contributed by atoms with E-state index >= 15 is 0 Å². The van der Waals surface area contributed by atoms with Crippen LogP contribution in [0.2, 0.25) is 0 Å². The molecule has 0 saturated carbocycles. The van der Waals surface area contributed by atoms with Crippen molar-refractivity contribution in [1.82, 2.24) is 9.62 Å². The van der Waals surface area contributed by atoms with Crippen LogP contribution in [-0.2, 0) is 23.0 Å². The molecule has 0 bridgehead atoms. The molecule has 0 aromatic heterocycles. The lowest BCUT2D eigenvalue weighted by Crippen LogP contribution is -2.40. The lowest BCUT2D eigenvalue weighted by Gasteiger charge is -2.36. The summed E-state index contributed by atoms with van der Waals surface area (Å²) in [7, 11) is 3.12. The van der Waals surface area contributed by atoms with Gasteiger partial charge in [-0.25, -0.2) is 13.1 Å². The molecule has 1 atom stereocenters. The van der Waals surface area contributed by atoms with Crippen molar-refractivity contribution in [2.75, 3.05) is 46.3 Å². The van der Waals surface area contributed by atoms with Gasteiger partial charge in [0.2, 0.25) is 10.0 Å². The van der Waals surface area contributed by atoms with Crippen LogP contribution in [0.5, 0.6) is 11.5 Å². The van der Waals surface area contributed by atoms with Gasteiger partial charge in [-0.2, -0.15) is 0 Å². The number of benzene rings is 3. The van der Waals surface area contributed by atoms with Crippen molar-refractivity contribution in [3.05, 3.63) is 83.4 Å². The first kappa shape index (κ1) is 25.0. The minimum absolute atomic E-state index is 0.0602. The second-order valence-electron chi connectivity index (χ2n) is 8.86. The zero-order valence-corrected chi connectivity index (χ0v) is 21.5. The van der Waals surface area contributed by atoms with Crippen LogP contribution in [0, 0.1) is 0 Å². The molecule has 1 heterocycles. The van der Waals surface area contributed by atoms with Gasteiger partial charge in [0.25, 0.3) is 0 Å². The van der Waals surface area contributed by atoms with E-state index in [1.165, 1.54) is 31.4 Å². The average molecular weight is 496 g/mol. The monoisotopic (exact) mass is 495 g/mol. The molecule has 4 rings (SSSR count). The molecule has 1 N–H and O–H groups in total. The fraction of sp³-hybridized carbons (Fsp3) is 0.333. The Labute approximate surface area is 208 Å². The van der Waals surface area contributed by atoms with Crippen LogP contribution >= 0.6 is 0 Å². The molecular weight excluding hydrogens is 462 g/mol. The second-order valence-corrected chi connectivity index (χ2v) is 10.6. The normalized spacial score (nSPS) is 14.7. The van der Waals surface area contributed by atoms with E-state index in [9.17, 15) is 8.42 Å². The minimum atomic E-state index is -3.85. The number of nitrogens with zero attached hydrogens (tertiary/aromatic N) is 2. The minimum Gasteiger partial charge on any atom is -0.497 e. The molecule has 0 fully saturated rings. The van der Waals surface area contributed by atoms with Crippen LogP contribution in [-0.4, -0.2) is 54.7 Å². The van der Waals surface area contributed by atoms with Crippen LogP contribution in [0.15, 0.2) is 71.6 Å². The number of fused-ring (bicyclic) bond motifs is 1. The van der Waals surface area contributed by atoms with Crippen molar-refractivity contribution in [2.45, 2.75) is 23.9 Å². The van der Waals surface area contributed by atoms with E-state index in [0.29, 0.717) is 5.75 Å². The van der Waals surface area contributed by atoms with Gasteiger partial charge in [-0.15, -0.1) is 0 Å². The number of ether oxygens (including phenoxy) is 2. The highest BCUT2D eigenvalue weighted by atomic mass is 32.2. The highest BCUT2D eigenvalue weighted by Gasteiger charge is 2.28. The Morgan fingerprint density at radius 2 is 1.69 bits per heavy atom. The maximum absolute atomic E-state index is 13.4. The molecule has 186 valence electrons. The summed E-state index contributed by atoms with van der Waals surface area (Å²) < 4.78 is 40.1. The number of anilines is 1. The summed E-state index contributed by atoms with van der Waals surface area (Å²) in [5.41, 5.74) is 4.80. The van der Waals surface area contributed by atoms with Crippen molar-refractivity contribution in [1.29, 1.82) is 0 Å². The zero-order chi connectivity index (χ0) is 25.0. The van der Waals surface area contributed by atoms with Gasteiger partial charge in [-0.3, -0.25) is 4.90 Å². The van der Waals surface area contributed by atoms with Gasteiger partial charge < -0.3 is 14.4 Å². The van der Waals surface area contributed by atoms with Gasteiger partial charge in [-0.05, 0) is 47.4 Å². The zero-order valence-electron chi connectivity index (χ0n) is 20.7. The van der Waals surface area contributed by atoms with Crippen LogP contribution in [0.3, 0.4) is 0 Å². The Hall–Kier alpha value is -3.07. The van der Waals surface area contributed by atoms with Crippen molar-refractivity contribution in [3.8, 4) is 11.5 Å². The van der Waals surface area contributed by atoms with Gasteiger partial charge in [-0.1, -0.05) is 36.4 Å². The summed E-state index contributed by atoms with van der Waals surface area (Å²) in [6, 6.07) is 21.4. The molecule has 3 aromatic rings. The molecule has 0 unspecified atom stereocenters. The lowest BCUT2D eigenvalue weighted by atomic mass is 9.96. The van der Waals surface area contributed by atoms with E-state index in [1.54, 1.807) is 12.1 Å². The number of methoxy groups -OCH3 is 2. The van der Waals surface area contributed by atoms with E-state index in [2.05, 4.69) is 58.2 Å². The number of nitrogens with one attached hydrogen (secondary N) is 1. The van der Waals surface area contributed by atoms with E-state index < -0.39 is 10.0 Å². The molecule has 1 aliphatic heterocycles. The first-order valence-corrected chi connectivity index (χ1v) is 13.1. The summed E-state index contributed by atoms with van der Waals surface area (Å²) in [6.07, 6.45) is 0.929. The van der Waals surface area contributed by atoms with E-state index in [1.807, 2.05) is 19.0 Å². The molecule has 0 aliphatic carbocycles. The molecule has 3 aromatic carbocycles. The Kier molecular flexibility index (Phi) is 7.64. The fourth-order valence-corrected chi connectivity index (χ4v) is 5.72. The number of sulfonamides is 1. The van der Waals surface area contributed by atoms with E-state index in [-0.39, 0.29) is 23.2 Å². The Balaban J connectivity index is 1.63. The highest BCUT2D eigenvalue weighted by molar-refractivity contribution is 7.89. The first-order valence-electron chi connectivity index (χ1n) is 11.6. The Morgan fingerprint density at radius 1 is 0.971 bits per heavy atom. The summed E-state index contributed by atoms with van der Waals surface area (Å²) in [5, 5.41) is 0. The average Bonchev–Trinajstić information content (AvgIpc) is 2.88. The molecule has 1 aliphatic rings. The summed E-state index contributed by atoms with van der Waals surface area (Å²) >= 11 is 0. The maximum Gasteiger partial charge on any atom is 0.244 e. The molecule has 0 saturated heterocycles. The SMILES string of the molecule is COc1ccc(OC)c(S(=O)(=O)NC[C@H](c2ccc(N(C)C)cc2)N2CCc3ccccc3C2)c1. The van der Waals surface area contributed by atoms with Gasteiger partial charge in [0.15, 0.2) is 0 Å². The summed E-state index contributed by atoms with van der Waals surface area (Å²) in [6.45, 7) is 1.84. The Morgan fingerprint density at radius 3 is 2.34 bits per heavy atom. The van der Waals surface area contributed by atoms with E-state index in [4.69, 9.17) is 9.47 Å². The molecular formula is C27H33N3O4S. The molecule has 35 heavy (non-hydrogen) atoms. The smallest absolute Gasteiger partial charge is 0.244 e. The van der Waals surface area contributed by atoms with Crippen LogP contribution in [0.4, 0.5) is 5.69 Å². The number of hydrogen-bond donors (Lipinski definition) is 1. The predicted molar refractivity (Wildman–Crippen MR) is 139 cm³/mol. The molecule has 8 heteroatoms. The van der Waals surface area contributed by atoms with E-state index in [0.717, 1.165) is 30.8 Å². The Bertz CT molecular complexity index is 1260. The highest BCUT2D eigenvalue weighted by Crippen LogP contribution is 2.31. The van der Waals surface area contributed by atoms with Crippen LogP contribution < -0.4 is 19.1 Å². The van der Waals surface area contributed by atoms with Crippen molar-refractivity contribution >= 4 is 15.7 Å². The standard InChI is InChI=1S/C27H33N3O4S/c1-29(2)23-11-9-21(10-12-23)25(30-16-15-20-7-5-6-8-22(20)19-30)18-28-35(31,32)27-17-24(33-3)13-14-26(27)34-4/h5-14,17,25,28H,15-16,18-19H2,1-4H3/t25-/m1/s1. The van der Waals surface area contributed by atoms with Crippen molar-refractivity contribution in [3.63, 3.8) is 0 Å². The number of rotatable bonds is 9. The van der Waals surface area contributed by atoms with Crippen LogP contribution in [0.25, 0.3) is 0 Å². The molecule has 0 spiro atoms. The molecule has 0 amide bonds. The topological polar surface area (TPSA) is 71.1 Å². The van der Waals surface area contributed by atoms with Gasteiger partial charge in [0.1, 0.15) is 16.4 Å². The molecule has 7 nitrogen and oxygen atoms in total. The van der Waals surface area contributed by atoms with Crippen LogP contribution in [0.1, 0.15) is 22.7 Å². The summed E-state index contributed by atoms with van der Waals surface area (Å²) in [5.74, 6) is 0.728. The van der Waals surface area contributed by atoms with Gasteiger partial charge in [0.05, 0.1) is 14.2 Å². The first-order chi connectivity index (χ1) is 16.8.